The molecule has 1 amide bonds. The first-order valence-corrected chi connectivity index (χ1v) is 24.3. The molecule has 0 bridgehead atoms. The Morgan fingerprint density at radius 2 is 1.04 bits per heavy atom. The Hall–Kier alpha value is -1.28. The summed E-state index contributed by atoms with van der Waals surface area (Å²) in [5, 5.41) is 13.9. The Morgan fingerprint density at radius 3 is 1.51 bits per heavy atom. The number of quaternary nitrogens is 1. The van der Waals surface area contributed by atoms with Crippen LogP contribution in [0, 0.1) is 0 Å². The van der Waals surface area contributed by atoms with Gasteiger partial charge in [-0.25, -0.2) is 4.57 Å². The molecule has 0 aromatic carbocycles. The molecular weight excluding hydrogens is 707 g/mol. The average molecular weight is 798 g/mol. The first-order valence-electron chi connectivity index (χ1n) is 22.9. The molecule has 0 radical (unpaired) electrons. The van der Waals surface area contributed by atoms with Crippen molar-refractivity contribution in [2.75, 3.05) is 40.9 Å². The number of carbonyl (C=O) groups excluding carboxylic acids is 1. The summed E-state index contributed by atoms with van der Waals surface area (Å²) in [5.74, 6) is -0.154. The van der Waals surface area contributed by atoms with Gasteiger partial charge >= 0.3 is 7.82 Å². The lowest BCUT2D eigenvalue weighted by Crippen LogP contribution is -2.46. The van der Waals surface area contributed by atoms with Crippen molar-refractivity contribution in [3.63, 3.8) is 0 Å². The molecule has 3 atom stereocenters. The fourth-order valence-corrected chi connectivity index (χ4v) is 7.20. The highest BCUT2D eigenvalue weighted by atomic mass is 31.2. The van der Waals surface area contributed by atoms with Crippen molar-refractivity contribution in [2.24, 2.45) is 0 Å². The highest BCUT2D eigenvalue weighted by molar-refractivity contribution is 7.47. The van der Waals surface area contributed by atoms with Gasteiger partial charge in [-0.3, -0.25) is 13.8 Å². The van der Waals surface area contributed by atoms with Gasteiger partial charge in [-0.15, -0.1) is 0 Å². The number of aliphatic hydroxyl groups excluding tert-OH is 1. The Balaban J connectivity index is 4.25. The van der Waals surface area contributed by atoms with E-state index < -0.39 is 20.0 Å². The van der Waals surface area contributed by atoms with Crippen molar-refractivity contribution in [1.82, 2.24) is 5.32 Å². The summed E-state index contributed by atoms with van der Waals surface area (Å²) >= 11 is 0. The minimum absolute atomic E-state index is 0.0722. The number of allylic oxidation sites excluding steroid dienone is 6. The molecule has 0 aliphatic carbocycles. The predicted octanol–water partition coefficient (Wildman–Crippen LogP) is 12.7. The van der Waals surface area contributed by atoms with E-state index in [1.807, 2.05) is 21.1 Å². The molecule has 55 heavy (non-hydrogen) atoms. The second-order valence-electron chi connectivity index (χ2n) is 16.8. The van der Waals surface area contributed by atoms with E-state index in [-0.39, 0.29) is 19.1 Å². The Labute approximate surface area is 340 Å². The second-order valence-corrected chi connectivity index (χ2v) is 18.2. The third-order valence-electron chi connectivity index (χ3n) is 10.1. The summed E-state index contributed by atoms with van der Waals surface area (Å²) in [6, 6.07) is -0.762. The van der Waals surface area contributed by atoms with Crippen LogP contribution in [0.15, 0.2) is 36.5 Å². The van der Waals surface area contributed by atoms with E-state index in [4.69, 9.17) is 9.05 Å². The van der Waals surface area contributed by atoms with Crippen molar-refractivity contribution < 1.29 is 32.9 Å². The maximum absolute atomic E-state index is 12.9. The summed E-state index contributed by atoms with van der Waals surface area (Å²) < 4.78 is 23.6. The zero-order valence-electron chi connectivity index (χ0n) is 36.7. The molecule has 0 saturated carbocycles. The van der Waals surface area contributed by atoms with Crippen LogP contribution in [0.25, 0.3) is 0 Å². The molecule has 0 aromatic rings. The van der Waals surface area contributed by atoms with Gasteiger partial charge in [0.05, 0.1) is 39.9 Å². The van der Waals surface area contributed by atoms with E-state index in [2.05, 4.69) is 55.6 Å². The predicted molar refractivity (Wildman–Crippen MR) is 235 cm³/mol. The maximum atomic E-state index is 12.9. The number of likely N-dealkylation sites (N-methyl/N-ethyl adjacent to an activating group) is 1. The van der Waals surface area contributed by atoms with Crippen molar-refractivity contribution in [3.05, 3.63) is 36.5 Å². The summed E-state index contributed by atoms with van der Waals surface area (Å²) in [6.07, 6.45) is 46.0. The Morgan fingerprint density at radius 1 is 0.618 bits per heavy atom. The van der Waals surface area contributed by atoms with Crippen LogP contribution in [-0.2, 0) is 18.4 Å². The Bertz CT molecular complexity index is 995. The monoisotopic (exact) mass is 798 g/mol. The van der Waals surface area contributed by atoms with Gasteiger partial charge < -0.3 is 19.8 Å². The normalized spacial score (nSPS) is 14.7. The quantitative estimate of drug-likeness (QED) is 0.0246. The van der Waals surface area contributed by atoms with E-state index in [1.54, 1.807) is 0 Å². The SMILES string of the molecule is CCCCCCC/C=C\C/C=C\C/C=C\CCCCCCCCCCC(=O)NC(COP(=O)(O)OCC[N+](C)(C)C)C(O)CCCCCCCCCCCC. The van der Waals surface area contributed by atoms with Crippen LogP contribution < -0.4 is 5.32 Å². The number of hydrogen-bond acceptors (Lipinski definition) is 5. The van der Waals surface area contributed by atoms with Gasteiger partial charge in [-0.1, -0.05) is 179 Å². The number of carbonyl (C=O) groups is 1. The van der Waals surface area contributed by atoms with Crippen LogP contribution in [0.2, 0.25) is 0 Å². The van der Waals surface area contributed by atoms with Gasteiger partial charge in [-0.2, -0.15) is 0 Å². The first-order chi connectivity index (χ1) is 26.5. The van der Waals surface area contributed by atoms with E-state index in [0.29, 0.717) is 23.9 Å². The van der Waals surface area contributed by atoms with Crippen LogP contribution in [0.5, 0.6) is 0 Å². The topological polar surface area (TPSA) is 105 Å². The molecule has 0 aliphatic heterocycles. The molecular formula is C46H90N2O6P+. The van der Waals surface area contributed by atoms with Gasteiger partial charge in [0.25, 0.3) is 0 Å². The molecule has 0 aromatic heterocycles. The van der Waals surface area contributed by atoms with E-state index in [1.165, 1.54) is 116 Å². The number of hydrogen-bond donors (Lipinski definition) is 3. The minimum atomic E-state index is -4.31. The average Bonchev–Trinajstić information content (AvgIpc) is 3.13. The number of nitrogens with one attached hydrogen (secondary N) is 1. The molecule has 3 N–H and O–H groups in total. The van der Waals surface area contributed by atoms with Crippen LogP contribution >= 0.6 is 7.82 Å². The molecule has 0 spiro atoms. The molecule has 0 fully saturated rings. The van der Waals surface area contributed by atoms with Gasteiger partial charge in [0.1, 0.15) is 13.2 Å². The number of amides is 1. The lowest BCUT2D eigenvalue weighted by Gasteiger charge is -2.26. The van der Waals surface area contributed by atoms with Crippen LogP contribution in [0.1, 0.15) is 200 Å². The Kier molecular flexibility index (Phi) is 37.4. The summed E-state index contributed by atoms with van der Waals surface area (Å²) in [5.41, 5.74) is 0. The summed E-state index contributed by atoms with van der Waals surface area (Å²) in [4.78, 5) is 23.1. The van der Waals surface area contributed by atoms with Crippen LogP contribution in [0.4, 0.5) is 0 Å². The van der Waals surface area contributed by atoms with Crippen molar-refractivity contribution in [2.45, 2.75) is 212 Å². The first kappa shape index (κ1) is 53.7. The number of nitrogens with zero attached hydrogens (tertiary/aromatic N) is 1. The van der Waals surface area contributed by atoms with Crippen LogP contribution in [0.3, 0.4) is 0 Å². The molecule has 0 saturated heterocycles. The van der Waals surface area contributed by atoms with E-state index >= 15 is 0 Å². The molecule has 3 unspecified atom stereocenters. The summed E-state index contributed by atoms with van der Waals surface area (Å²) in [6.45, 7) is 4.85. The number of phosphoric ester groups is 1. The third kappa shape index (κ3) is 40.7. The van der Waals surface area contributed by atoms with Gasteiger partial charge in [-0.05, 0) is 51.4 Å². The molecule has 324 valence electrons. The fourth-order valence-electron chi connectivity index (χ4n) is 6.46. The highest BCUT2D eigenvalue weighted by Crippen LogP contribution is 2.43. The molecule has 9 heteroatoms. The maximum Gasteiger partial charge on any atom is 0.472 e. The second kappa shape index (κ2) is 38.2. The lowest BCUT2D eigenvalue weighted by atomic mass is 10.0. The fraction of sp³-hybridized carbons (Fsp3) is 0.848. The van der Waals surface area contributed by atoms with Crippen LogP contribution in [-0.4, -0.2) is 73.4 Å². The molecule has 0 heterocycles. The zero-order chi connectivity index (χ0) is 40.7. The van der Waals surface area contributed by atoms with E-state index in [0.717, 1.165) is 57.8 Å². The van der Waals surface area contributed by atoms with Crippen molar-refractivity contribution in [3.8, 4) is 0 Å². The molecule has 8 nitrogen and oxygen atoms in total. The highest BCUT2D eigenvalue weighted by Gasteiger charge is 2.28. The number of rotatable bonds is 41. The largest absolute Gasteiger partial charge is 0.472 e. The molecule has 0 aliphatic rings. The van der Waals surface area contributed by atoms with Crippen molar-refractivity contribution in [1.29, 1.82) is 0 Å². The number of unbranched alkanes of at least 4 members (excludes halogenated alkanes) is 22. The standard InChI is InChI=1S/C46H89N2O6P/c1-6-8-10-12-14-16-18-19-20-21-22-23-24-25-26-27-28-29-30-32-34-36-38-40-46(50)47-44(43-54-55(51,52)53-42-41-48(3,4)5)45(49)39-37-35-33-31-17-15-13-11-9-7-2/h18-19,21-22,24-25,44-45,49H,6-17,20,23,26-43H2,1-5H3,(H-,47,50,51,52)/p+1/b19-18-,22-21-,25-24-. The van der Waals surface area contributed by atoms with Gasteiger partial charge in [0.15, 0.2) is 0 Å². The van der Waals surface area contributed by atoms with Gasteiger partial charge in [0.2, 0.25) is 5.91 Å². The minimum Gasteiger partial charge on any atom is -0.391 e. The third-order valence-corrected chi connectivity index (χ3v) is 11.1. The van der Waals surface area contributed by atoms with E-state index in [9.17, 15) is 19.4 Å². The van der Waals surface area contributed by atoms with Gasteiger partial charge in [0, 0.05) is 6.42 Å². The summed E-state index contributed by atoms with van der Waals surface area (Å²) in [7, 11) is 1.61. The zero-order valence-corrected chi connectivity index (χ0v) is 37.6. The smallest absolute Gasteiger partial charge is 0.391 e. The number of phosphoric acid groups is 1. The van der Waals surface area contributed by atoms with Crippen molar-refractivity contribution >= 4 is 13.7 Å². The molecule has 0 rings (SSSR count). The lowest BCUT2D eigenvalue weighted by molar-refractivity contribution is -0.870. The number of aliphatic hydroxyl groups is 1.